The Hall–Kier alpha value is -4.25. The SMILES string of the molecule is COc1ccc(O)c([C@H]2C3=CC[C@@H]4C(=O)N(C(N)=O)C(=O)[C@@H]4[C@@H]3C[C@H]3C(=O)N(c4ccc(F)c(Cl)c4)C(=O)[C@@]23C)c1. The van der Waals surface area contributed by atoms with Crippen molar-refractivity contribution >= 4 is 46.9 Å². The zero-order valence-electron chi connectivity index (χ0n) is 22.0. The Morgan fingerprint density at radius 2 is 1.83 bits per heavy atom. The maximum atomic E-state index is 14.3. The number of phenolic OH excluding ortho intramolecular Hbond substituents is 1. The van der Waals surface area contributed by atoms with Gasteiger partial charge in [0.2, 0.25) is 23.6 Å². The lowest BCUT2D eigenvalue weighted by atomic mass is 9.51. The number of aromatic hydroxyl groups is 1. The molecule has 2 aromatic carbocycles. The van der Waals surface area contributed by atoms with E-state index < -0.39 is 70.5 Å². The van der Waals surface area contributed by atoms with Crippen LogP contribution in [0.1, 0.15) is 31.2 Å². The Labute approximate surface area is 238 Å². The number of nitrogens with zero attached hydrogens (tertiary/aromatic N) is 2. The molecule has 2 aromatic rings. The fourth-order valence-electron chi connectivity index (χ4n) is 7.34. The molecule has 3 N–H and O–H groups in total. The molecule has 4 aliphatic rings. The molecule has 10 nitrogen and oxygen atoms in total. The highest BCUT2D eigenvalue weighted by molar-refractivity contribution is 6.31. The largest absolute Gasteiger partial charge is 0.508 e. The highest BCUT2D eigenvalue weighted by atomic mass is 35.5. The van der Waals surface area contributed by atoms with E-state index in [4.69, 9.17) is 22.1 Å². The normalized spacial score (nSPS) is 30.6. The first-order chi connectivity index (χ1) is 19.4. The van der Waals surface area contributed by atoms with Gasteiger partial charge in [0, 0.05) is 11.5 Å². The minimum Gasteiger partial charge on any atom is -0.508 e. The van der Waals surface area contributed by atoms with Crippen molar-refractivity contribution in [1.29, 1.82) is 0 Å². The number of urea groups is 1. The van der Waals surface area contributed by atoms with Crippen molar-refractivity contribution in [1.82, 2.24) is 4.90 Å². The molecule has 12 heteroatoms. The highest BCUT2D eigenvalue weighted by Gasteiger charge is 2.68. The fourth-order valence-corrected chi connectivity index (χ4v) is 7.51. The van der Waals surface area contributed by atoms with Crippen LogP contribution in [0.3, 0.4) is 0 Å². The number of imide groups is 4. The van der Waals surface area contributed by atoms with Gasteiger partial charge in [0.15, 0.2) is 0 Å². The zero-order valence-corrected chi connectivity index (χ0v) is 22.7. The van der Waals surface area contributed by atoms with Gasteiger partial charge in [-0.3, -0.25) is 19.2 Å². The van der Waals surface area contributed by atoms with Gasteiger partial charge in [-0.1, -0.05) is 23.3 Å². The Morgan fingerprint density at radius 1 is 1.10 bits per heavy atom. The van der Waals surface area contributed by atoms with E-state index in [1.165, 1.54) is 25.3 Å². The molecule has 212 valence electrons. The van der Waals surface area contributed by atoms with Gasteiger partial charge in [-0.05, 0) is 62.1 Å². The van der Waals surface area contributed by atoms with E-state index in [9.17, 15) is 33.5 Å². The van der Waals surface area contributed by atoms with Crippen molar-refractivity contribution in [3.63, 3.8) is 0 Å². The number of methoxy groups -OCH3 is 1. The molecule has 0 spiro atoms. The van der Waals surface area contributed by atoms with E-state index in [0.717, 1.165) is 11.0 Å². The first-order valence-corrected chi connectivity index (χ1v) is 13.4. The summed E-state index contributed by atoms with van der Waals surface area (Å²) in [6, 6.07) is 6.89. The number of rotatable bonds is 3. The van der Waals surface area contributed by atoms with Crippen molar-refractivity contribution in [3.8, 4) is 11.5 Å². The molecule has 0 bridgehead atoms. The van der Waals surface area contributed by atoms with Crippen molar-refractivity contribution in [3.05, 3.63) is 64.5 Å². The van der Waals surface area contributed by atoms with Crippen LogP contribution < -0.4 is 15.4 Å². The van der Waals surface area contributed by atoms with E-state index in [0.29, 0.717) is 21.8 Å². The number of hydrogen-bond acceptors (Lipinski definition) is 7. The third-order valence-electron chi connectivity index (χ3n) is 9.20. The molecular formula is C29H25ClFN3O7. The number of amides is 6. The number of nitrogens with two attached hydrogens (primary N) is 1. The van der Waals surface area contributed by atoms with Crippen LogP contribution in [-0.4, -0.2) is 46.8 Å². The van der Waals surface area contributed by atoms with E-state index in [1.807, 2.05) is 0 Å². The quantitative estimate of drug-likeness (QED) is 0.416. The molecule has 2 aliphatic heterocycles. The molecule has 3 fully saturated rings. The van der Waals surface area contributed by atoms with Gasteiger partial charge in [-0.2, -0.15) is 4.90 Å². The molecule has 6 atom stereocenters. The van der Waals surface area contributed by atoms with Gasteiger partial charge in [-0.15, -0.1) is 0 Å². The molecular weight excluding hydrogens is 557 g/mol. The fraction of sp³-hybridized carbons (Fsp3) is 0.345. The maximum Gasteiger partial charge on any atom is 0.328 e. The number of allylic oxidation sites excluding steroid dienone is 2. The Morgan fingerprint density at radius 3 is 2.49 bits per heavy atom. The number of likely N-dealkylation sites (tertiary alicyclic amines) is 1. The molecule has 2 heterocycles. The van der Waals surface area contributed by atoms with Crippen LogP contribution in [-0.2, 0) is 19.2 Å². The van der Waals surface area contributed by atoms with Crippen molar-refractivity contribution in [2.24, 2.45) is 34.8 Å². The molecule has 1 saturated carbocycles. The molecule has 0 aromatic heterocycles. The minimum absolute atomic E-state index is 0.0202. The third kappa shape index (κ3) is 3.57. The first-order valence-electron chi connectivity index (χ1n) is 13.0. The van der Waals surface area contributed by atoms with Gasteiger partial charge < -0.3 is 15.6 Å². The summed E-state index contributed by atoms with van der Waals surface area (Å²) >= 11 is 5.99. The number of hydrogen-bond donors (Lipinski definition) is 2. The summed E-state index contributed by atoms with van der Waals surface area (Å²) in [6.07, 6.45) is 1.89. The zero-order chi connectivity index (χ0) is 29.5. The lowest BCUT2D eigenvalue weighted by molar-refractivity contribution is -0.136. The van der Waals surface area contributed by atoms with Crippen LogP contribution in [0.5, 0.6) is 11.5 Å². The molecule has 41 heavy (non-hydrogen) atoms. The van der Waals surface area contributed by atoms with E-state index in [1.54, 1.807) is 25.1 Å². The number of fused-ring (bicyclic) bond motifs is 4. The predicted octanol–water partition coefficient (Wildman–Crippen LogP) is 3.50. The van der Waals surface area contributed by atoms with Crippen LogP contribution in [0.2, 0.25) is 5.02 Å². The van der Waals surface area contributed by atoms with Crippen molar-refractivity contribution < 1.29 is 38.2 Å². The molecule has 6 rings (SSSR count). The topological polar surface area (TPSA) is 147 Å². The summed E-state index contributed by atoms with van der Waals surface area (Å²) in [4.78, 5) is 68.2. The van der Waals surface area contributed by atoms with Crippen molar-refractivity contribution in [2.75, 3.05) is 12.0 Å². The molecule has 0 unspecified atom stereocenters. The third-order valence-corrected chi connectivity index (χ3v) is 9.49. The average molecular weight is 582 g/mol. The number of benzene rings is 2. The Balaban J connectivity index is 1.55. The number of carbonyl (C=O) groups excluding carboxylic acids is 5. The summed E-state index contributed by atoms with van der Waals surface area (Å²) in [7, 11) is 1.44. The van der Waals surface area contributed by atoms with Crippen LogP contribution in [0.25, 0.3) is 0 Å². The highest BCUT2D eigenvalue weighted by Crippen LogP contribution is 2.64. The second kappa shape index (κ2) is 9.13. The number of anilines is 1. The van der Waals surface area contributed by atoms with E-state index in [-0.39, 0.29) is 29.3 Å². The second-order valence-corrected chi connectivity index (χ2v) is 11.4. The Kier molecular flexibility index (Phi) is 6.00. The molecule has 2 saturated heterocycles. The van der Waals surface area contributed by atoms with Crippen molar-refractivity contribution in [2.45, 2.75) is 25.7 Å². The number of ether oxygens (including phenoxy) is 1. The number of carbonyl (C=O) groups is 5. The first kappa shape index (κ1) is 26.9. The summed E-state index contributed by atoms with van der Waals surface area (Å²) in [6.45, 7) is 1.63. The monoisotopic (exact) mass is 581 g/mol. The average Bonchev–Trinajstić information content (AvgIpc) is 3.30. The van der Waals surface area contributed by atoms with Gasteiger partial charge in [0.1, 0.15) is 17.3 Å². The van der Waals surface area contributed by atoms with Crippen LogP contribution in [0, 0.1) is 34.9 Å². The summed E-state index contributed by atoms with van der Waals surface area (Å²) < 4.78 is 19.4. The van der Waals surface area contributed by atoms with Crippen LogP contribution >= 0.6 is 11.6 Å². The van der Waals surface area contributed by atoms with E-state index in [2.05, 4.69) is 0 Å². The summed E-state index contributed by atoms with van der Waals surface area (Å²) in [5.41, 5.74) is 4.89. The lowest BCUT2D eigenvalue weighted by Crippen LogP contribution is -2.49. The molecule has 6 amide bonds. The van der Waals surface area contributed by atoms with Gasteiger partial charge >= 0.3 is 6.03 Å². The standard InChI is InChI=1S/C29H25ClFN3O7/c1-29-18(25(37)33(27(29)39)12-3-7-20(31)19(30)9-12)11-16-14(23(29)17-10-13(41-2)4-8-21(17)35)5-6-15-22(16)26(38)34(24(15)36)28(32)40/h3-5,7-10,15-16,18,22-23,35H,6,11H2,1-2H3,(H2,32,40)/t15-,16+,18-,22-,23+,29+/m0/s1. The Bertz CT molecular complexity index is 1610. The second-order valence-electron chi connectivity index (χ2n) is 11.0. The predicted molar refractivity (Wildman–Crippen MR) is 142 cm³/mol. The number of phenols is 1. The summed E-state index contributed by atoms with van der Waals surface area (Å²) in [5, 5.41) is 10.8. The van der Waals surface area contributed by atoms with Crippen LogP contribution in [0.15, 0.2) is 48.0 Å². The number of halogens is 2. The lowest BCUT2D eigenvalue weighted by Gasteiger charge is -2.49. The molecule has 2 aliphatic carbocycles. The summed E-state index contributed by atoms with van der Waals surface area (Å²) in [5.74, 6) is -7.57. The molecule has 0 radical (unpaired) electrons. The van der Waals surface area contributed by atoms with E-state index >= 15 is 0 Å². The van der Waals surface area contributed by atoms with Crippen LogP contribution in [0.4, 0.5) is 14.9 Å². The van der Waals surface area contributed by atoms with Gasteiger partial charge in [-0.25, -0.2) is 14.1 Å². The van der Waals surface area contributed by atoms with Gasteiger partial charge in [0.05, 0.1) is 41.0 Å². The van der Waals surface area contributed by atoms with Gasteiger partial charge in [0.25, 0.3) is 0 Å². The minimum atomic E-state index is -1.45. The maximum absolute atomic E-state index is 14.3. The smallest absolute Gasteiger partial charge is 0.328 e. The number of primary amides is 1.